The molecule has 9 heteroatoms. The fourth-order valence-electron chi connectivity index (χ4n) is 4.98. The molecule has 220 valence electrons. The van der Waals surface area contributed by atoms with Crippen LogP contribution >= 0.6 is 0 Å². The molecular formula is C34H35FN6O2. The molecule has 1 N–H and O–H groups in total. The lowest BCUT2D eigenvalue weighted by Gasteiger charge is -2.32. The Bertz CT molecular complexity index is 1710. The minimum Gasteiger partial charge on any atom is -0.378 e. The molecule has 1 heterocycles. The minimum absolute atomic E-state index is 0.123. The number of hydrogen-bond donors (Lipinski definition) is 1. The molecule has 0 aliphatic rings. The predicted octanol–water partition coefficient (Wildman–Crippen LogP) is 6.17. The highest BCUT2D eigenvalue weighted by molar-refractivity contribution is 5.98. The van der Waals surface area contributed by atoms with E-state index in [2.05, 4.69) is 29.5 Å². The summed E-state index contributed by atoms with van der Waals surface area (Å²) in [4.78, 5) is 31.7. The Kier molecular flexibility index (Phi) is 8.80. The maximum absolute atomic E-state index is 15.0. The van der Waals surface area contributed by atoms with Crippen molar-refractivity contribution in [2.24, 2.45) is 0 Å². The zero-order valence-corrected chi connectivity index (χ0v) is 24.7. The minimum atomic E-state index is -1.06. The van der Waals surface area contributed by atoms with Gasteiger partial charge in [-0.05, 0) is 59.5 Å². The Morgan fingerprint density at radius 3 is 2.19 bits per heavy atom. The fraction of sp³-hybridized carbons (Fsp3) is 0.235. The fourth-order valence-corrected chi connectivity index (χ4v) is 4.98. The normalized spacial score (nSPS) is 11.9. The molecule has 0 aliphatic carbocycles. The number of hydrogen-bond acceptors (Lipinski definition) is 5. The summed E-state index contributed by atoms with van der Waals surface area (Å²) in [6, 6.07) is 27.6. The van der Waals surface area contributed by atoms with E-state index in [-0.39, 0.29) is 19.0 Å². The molecule has 5 rings (SSSR count). The summed E-state index contributed by atoms with van der Waals surface area (Å²) < 4.78 is 16.5. The van der Waals surface area contributed by atoms with Crippen LogP contribution in [0.1, 0.15) is 42.5 Å². The Balaban J connectivity index is 1.56. The van der Waals surface area contributed by atoms with Crippen LogP contribution in [0.25, 0.3) is 11.0 Å². The van der Waals surface area contributed by atoms with Crippen molar-refractivity contribution in [3.05, 3.63) is 120 Å². The third-order valence-corrected chi connectivity index (χ3v) is 7.45. The molecule has 0 fully saturated rings. The molecule has 0 radical (unpaired) electrons. The molecule has 0 spiro atoms. The molecule has 1 unspecified atom stereocenters. The van der Waals surface area contributed by atoms with Crippen LogP contribution in [0.3, 0.4) is 0 Å². The monoisotopic (exact) mass is 578 g/mol. The van der Waals surface area contributed by atoms with Gasteiger partial charge in [0.05, 0.1) is 5.52 Å². The predicted molar refractivity (Wildman–Crippen MR) is 167 cm³/mol. The molecule has 0 saturated heterocycles. The number of para-hydroxylation sites is 1. The van der Waals surface area contributed by atoms with Crippen LogP contribution in [0.2, 0.25) is 0 Å². The number of carbonyl (C=O) groups is 2. The lowest BCUT2D eigenvalue weighted by molar-refractivity contribution is -0.140. The van der Waals surface area contributed by atoms with Gasteiger partial charge in [-0.3, -0.25) is 9.59 Å². The van der Waals surface area contributed by atoms with E-state index in [9.17, 15) is 14.0 Å². The largest absolute Gasteiger partial charge is 0.378 e. The summed E-state index contributed by atoms with van der Waals surface area (Å²) in [7, 11) is 3.88. The highest BCUT2D eigenvalue weighted by Crippen LogP contribution is 2.29. The van der Waals surface area contributed by atoms with Crippen molar-refractivity contribution < 1.29 is 14.0 Å². The van der Waals surface area contributed by atoms with E-state index in [1.165, 1.54) is 15.6 Å². The van der Waals surface area contributed by atoms with Crippen molar-refractivity contribution in [2.45, 2.75) is 38.9 Å². The number of anilines is 2. The molecule has 1 atom stereocenters. The van der Waals surface area contributed by atoms with Gasteiger partial charge in [0, 0.05) is 37.6 Å². The summed E-state index contributed by atoms with van der Waals surface area (Å²) in [5.74, 6) is -0.994. The van der Waals surface area contributed by atoms with Gasteiger partial charge in [0.15, 0.2) is 0 Å². The number of halogens is 1. The van der Waals surface area contributed by atoms with E-state index in [0.29, 0.717) is 27.8 Å². The van der Waals surface area contributed by atoms with Crippen molar-refractivity contribution in [3.8, 4) is 0 Å². The second-order valence-corrected chi connectivity index (χ2v) is 11.0. The first-order chi connectivity index (χ1) is 20.7. The average Bonchev–Trinajstić information content (AvgIpc) is 3.41. The van der Waals surface area contributed by atoms with Crippen molar-refractivity contribution >= 4 is 34.2 Å². The number of rotatable bonds is 10. The quantitative estimate of drug-likeness (QED) is 0.214. The summed E-state index contributed by atoms with van der Waals surface area (Å²) in [6.45, 7) is 3.88. The number of fused-ring (bicyclic) bond motifs is 1. The number of benzene rings is 4. The maximum atomic E-state index is 15.0. The van der Waals surface area contributed by atoms with Crippen LogP contribution in [0.15, 0.2) is 97.1 Å². The van der Waals surface area contributed by atoms with Crippen molar-refractivity contribution in [3.63, 3.8) is 0 Å². The maximum Gasteiger partial charge on any atom is 0.251 e. The van der Waals surface area contributed by atoms with E-state index in [1.54, 1.807) is 18.2 Å². The lowest BCUT2D eigenvalue weighted by atomic mass is 9.97. The van der Waals surface area contributed by atoms with E-state index < -0.39 is 23.7 Å². The van der Waals surface area contributed by atoms with E-state index >= 15 is 0 Å². The first kappa shape index (κ1) is 29.4. The van der Waals surface area contributed by atoms with Crippen LogP contribution in [0.4, 0.5) is 15.8 Å². The van der Waals surface area contributed by atoms with Crippen LogP contribution < -0.4 is 10.2 Å². The van der Waals surface area contributed by atoms with Crippen LogP contribution in [0, 0.1) is 5.82 Å². The molecule has 43 heavy (non-hydrogen) atoms. The first-order valence-corrected chi connectivity index (χ1v) is 14.2. The lowest BCUT2D eigenvalue weighted by Crippen LogP contribution is -2.42. The smallest absolute Gasteiger partial charge is 0.251 e. The third-order valence-electron chi connectivity index (χ3n) is 7.45. The molecular weight excluding hydrogens is 543 g/mol. The van der Waals surface area contributed by atoms with Gasteiger partial charge in [-0.2, -0.15) is 0 Å². The van der Waals surface area contributed by atoms with Gasteiger partial charge in [-0.25, -0.2) is 9.07 Å². The number of nitrogens with zero attached hydrogens (tertiary/aromatic N) is 5. The topological polar surface area (TPSA) is 83.4 Å². The third kappa shape index (κ3) is 6.72. The first-order valence-electron chi connectivity index (χ1n) is 14.2. The van der Waals surface area contributed by atoms with Crippen LogP contribution in [-0.4, -0.2) is 45.8 Å². The molecule has 1 aromatic heterocycles. The van der Waals surface area contributed by atoms with Gasteiger partial charge in [-0.15, -0.1) is 5.10 Å². The number of amides is 2. The summed E-state index contributed by atoms with van der Waals surface area (Å²) >= 11 is 0. The standard InChI is InChI=1S/C34H35FN6O2/c1-23(2)24-13-15-25(16-14-24)33(34(43)36-27-17-19-28(20-18-27)39(3)4)40(21-26-9-5-6-10-29(26)35)32(42)22-41-31-12-8-7-11-30(31)37-38-41/h5-20,23,33H,21-22H2,1-4H3,(H,36,43). The average molecular weight is 579 g/mol. The number of nitrogens with one attached hydrogen (secondary N) is 1. The van der Waals surface area contributed by atoms with Gasteiger partial charge in [0.1, 0.15) is 23.9 Å². The second kappa shape index (κ2) is 12.9. The second-order valence-electron chi connectivity index (χ2n) is 11.0. The Labute approximate surface area is 250 Å². The Morgan fingerprint density at radius 2 is 1.51 bits per heavy atom. The Morgan fingerprint density at radius 1 is 0.860 bits per heavy atom. The zero-order chi connectivity index (χ0) is 30.5. The molecule has 2 amide bonds. The van der Waals surface area contributed by atoms with Crippen molar-refractivity contribution in [1.29, 1.82) is 0 Å². The van der Waals surface area contributed by atoms with Gasteiger partial charge in [0.25, 0.3) is 5.91 Å². The van der Waals surface area contributed by atoms with E-state index in [0.717, 1.165) is 11.3 Å². The zero-order valence-electron chi connectivity index (χ0n) is 24.7. The molecule has 0 bridgehead atoms. The SMILES string of the molecule is CC(C)c1ccc(C(C(=O)Nc2ccc(N(C)C)cc2)N(Cc2ccccc2F)C(=O)Cn2nnc3ccccc32)cc1. The summed E-state index contributed by atoms with van der Waals surface area (Å²) in [5.41, 5.74) is 4.91. The Hall–Kier alpha value is -5.05. The van der Waals surface area contributed by atoms with Gasteiger partial charge >= 0.3 is 0 Å². The molecule has 8 nitrogen and oxygen atoms in total. The van der Waals surface area contributed by atoms with Gasteiger partial charge < -0.3 is 15.1 Å². The molecule has 5 aromatic rings. The molecule has 4 aromatic carbocycles. The summed E-state index contributed by atoms with van der Waals surface area (Å²) in [5, 5.41) is 11.3. The van der Waals surface area contributed by atoms with Crippen molar-refractivity contribution in [1.82, 2.24) is 19.9 Å². The van der Waals surface area contributed by atoms with E-state index in [1.807, 2.05) is 91.8 Å². The van der Waals surface area contributed by atoms with Gasteiger partial charge in [-0.1, -0.05) is 73.7 Å². The van der Waals surface area contributed by atoms with Crippen molar-refractivity contribution in [2.75, 3.05) is 24.3 Å². The van der Waals surface area contributed by atoms with Gasteiger partial charge in [0.2, 0.25) is 5.91 Å². The number of aromatic nitrogens is 3. The summed E-state index contributed by atoms with van der Waals surface area (Å²) in [6.07, 6.45) is 0. The van der Waals surface area contributed by atoms with E-state index in [4.69, 9.17) is 0 Å². The highest BCUT2D eigenvalue weighted by Gasteiger charge is 2.33. The highest BCUT2D eigenvalue weighted by atomic mass is 19.1. The molecule has 0 aliphatic heterocycles. The number of carbonyl (C=O) groups excluding carboxylic acids is 2. The molecule has 0 saturated carbocycles. The van der Waals surface area contributed by atoms with Crippen LogP contribution in [0.5, 0.6) is 0 Å². The van der Waals surface area contributed by atoms with Crippen LogP contribution in [-0.2, 0) is 22.7 Å².